The number of carbonyl (C=O) groups excluding carboxylic acids is 2. The Morgan fingerprint density at radius 3 is 2.81 bits per heavy atom. The van der Waals surface area contributed by atoms with Crippen molar-refractivity contribution in [2.75, 3.05) is 20.3 Å². The minimum atomic E-state index is -0.897. The number of ether oxygens (including phenoxy) is 2. The summed E-state index contributed by atoms with van der Waals surface area (Å²) in [4.78, 5) is 22.1. The van der Waals surface area contributed by atoms with Crippen molar-refractivity contribution in [3.63, 3.8) is 0 Å². The number of imide groups is 1. The molecular formula is C14H21N3O4. The molecule has 1 rings (SSSR count). The van der Waals surface area contributed by atoms with Crippen molar-refractivity contribution in [1.29, 1.82) is 0 Å². The average Bonchev–Trinajstić information content (AvgIpc) is 2.43. The molecule has 21 heavy (non-hydrogen) atoms. The van der Waals surface area contributed by atoms with E-state index < -0.39 is 18.0 Å². The number of amides is 3. The van der Waals surface area contributed by atoms with Gasteiger partial charge in [0.2, 0.25) is 0 Å². The molecule has 0 aliphatic carbocycles. The van der Waals surface area contributed by atoms with E-state index in [1.54, 1.807) is 20.1 Å². The highest BCUT2D eigenvalue weighted by Crippen LogP contribution is 2.15. The predicted octanol–water partition coefficient (Wildman–Crippen LogP) is 0.385. The first kappa shape index (κ1) is 16.9. The summed E-state index contributed by atoms with van der Waals surface area (Å²) in [7, 11) is 1.65. The normalized spacial score (nSPS) is 11.7. The Labute approximate surface area is 123 Å². The molecule has 1 unspecified atom stereocenters. The quantitative estimate of drug-likeness (QED) is 0.602. The van der Waals surface area contributed by atoms with E-state index in [0.29, 0.717) is 18.9 Å². The number of hydrogen-bond acceptors (Lipinski definition) is 5. The van der Waals surface area contributed by atoms with Crippen molar-refractivity contribution in [1.82, 2.24) is 10.6 Å². The zero-order valence-electron chi connectivity index (χ0n) is 12.2. The second kappa shape index (κ2) is 8.93. The molecule has 116 valence electrons. The van der Waals surface area contributed by atoms with E-state index in [2.05, 4.69) is 5.32 Å². The molecule has 0 fully saturated rings. The van der Waals surface area contributed by atoms with Crippen LogP contribution < -0.4 is 21.1 Å². The molecule has 0 radical (unpaired) electrons. The molecule has 0 aromatic heterocycles. The molecule has 7 nitrogen and oxygen atoms in total. The number of carbonyl (C=O) groups is 2. The van der Waals surface area contributed by atoms with Gasteiger partial charge in [-0.3, -0.25) is 10.1 Å². The Morgan fingerprint density at radius 1 is 1.38 bits per heavy atom. The van der Waals surface area contributed by atoms with E-state index in [1.165, 1.54) is 0 Å². The zero-order chi connectivity index (χ0) is 15.7. The lowest BCUT2D eigenvalue weighted by atomic mass is 10.2. The lowest BCUT2D eigenvalue weighted by molar-refractivity contribution is -0.126. The number of rotatable bonds is 8. The summed E-state index contributed by atoms with van der Waals surface area (Å²) in [6.07, 6.45) is -0.811. The van der Waals surface area contributed by atoms with Gasteiger partial charge in [-0.15, -0.1) is 0 Å². The van der Waals surface area contributed by atoms with Crippen molar-refractivity contribution in [2.45, 2.75) is 19.6 Å². The molecule has 0 saturated carbocycles. The Morgan fingerprint density at radius 2 is 2.14 bits per heavy atom. The predicted molar refractivity (Wildman–Crippen MR) is 77.8 cm³/mol. The second-order valence-electron chi connectivity index (χ2n) is 4.43. The van der Waals surface area contributed by atoms with Crippen LogP contribution in [-0.4, -0.2) is 38.3 Å². The standard InChI is InChI=1S/C14H21N3O4/c1-10(13(18)17-14(15)19)21-12-5-3-4-11(8-12)9-16-6-7-20-2/h3-5,8,10,16H,6-7,9H2,1-2H3,(H3,15,17,18,19). The number of nitrogens with two attached hydrogens (primary N) is 1. The highest BCUT2D eigenvalue weighted by Gasteiger charge is 2.16. The fourth-order valence-electron chi connectivity index (χ4n) is 1.62. The third-order valence-electron chi connectivity index (χ3n) is 2.64. The number of primary amides is 1. The van der Waals surface area contributed by atoms with Crippen LogP contribution in [0.2, 0.25) is 0 Å². The highest BCUT2D eigenvalue weighted by molar-refractivity contribution is 5.95. The van der Waals surface area contributed by atoms with Gasteiger partial charge in [-0.05, 0) is 24.6 Å². The fraction of sp³-hybridized carbons (Fsp3) is 0.429. The van der Waals surface area contributed by atoms with Gasteiger partial charge in [0.05, 0.1) is 6.61 Å². The van der Waals surface area contributed by atoms with Gasteiger partial charge >= 0.3 is 6.03 Å². The van der Waals surface area contributed by atoms with Crippen molar-refractivity contribution < 1.29 is 19.1 Å². The van der Waals surface area contributed by atoms with E-state index in [9.17, 15) is 9.59 Å². The first-order chi connectivity index (χ1) is 10.0. The topological polar surface area (TPSA) is 103 Å². The SMILES string of the molecule is COCCNCc1cccc(OC(C)C(=O)NC(N)=O)c1. The number of methoxy groups -OCH3 is 1. The molecule has 0 bridgehead atoms. The Kier molecular flexibility index (Phi) is 7.20. The van der Waals surface area contributed by atoms with Gasteiger partial charge in [-0.1, -0.05) is 12.1 Å². The van der Waals surface area contributed by atoms with Crippen molar-refractivity contribution in [2.24, 2.45) is 5.73 Å². The molecule has 0 aliphatic rings. The summed E-state index contributed by atoms with van der Waals surface area (Å²) in [5.74, 6) is -0.0284. The largest absolute Gasteiger partial charge is 0.481 e. The van der Waals surface area contributed by atoms with Crippen LogP contribution in [0.5, 0.6) is 5.75 Å². The fourth-order valence-corrected chi connectivity index (χ4v) is 1.62. The maximum atomic E-state index is 11.5. The maximum absolute atomic E-state index is 11.5. The Balaban J connectivity index is 2.51. The van der Waals surface area contributed by atoms with Crippen molar-refractivity contribution >= 4 is 11.9 Å². The summed E-state index contributed by atoms with van der Waals surface area (Å²) in [6.45, 7) is 3.60. The second-order valence-corrected chi connectivity index (χ2v) is 4.43. The molecule has 0 aliphatic heterocycles. The van der Waals surface area contributed by atoms with Gasteiger partial charge in [0.25, 0.3) is 5.91 Å². The Bertz CT molecular complexity index is 479. The van der Waals surface area contributed by atoms with Crippen LogP contribution in [0.3, 0.4) is 0 Å². The maximum Gasteiger partial charge on any atom is 0.318 e. The van der Waals surface area contributed by atoms with Crippen molar-refractivity contribution in [3.8, 4) is 5.75 Å². The number of hydrogen-bond donors (Lipinski definition) is 3. The van der Waals surface area contributed by atoms with Gasteiger partial charge in [0, 0.05) is 20.2 Å². The lowest BCUT2D eigenvalue weighted by Crippen LogP contribution is -2.42. The van der Waals surface area contributed by atoms with Gasteiger partial charge in [0.1, 0.15) is 5.75 Å². The van der Waals surface area contributed by atoms with E-state index in [4.69, 9.17) is 15.2 Å². The molecular weight excluding hydrogens is 274 g/mol. The van der Waals surface area contributed by atoms with Crippen LogP contribution in [0.15, 0.2) is 24.3 Å². The summed E-state index contributed by atoms with van der Waals surface area (Å²) < 4.78 is 10.4. The molecule has 3 amide bonds. The van der Waals surface area contributed by atoms with Gasteiger partial charge in [-0.25, -0.2) is 4.79 Å². The third-order valence-corrected chi connectivity index (χ3v) is 2.64. The summed E-state index contributed by atoms with van der Waals surface area (Å²) >= 11 is 0. The van der Waals surface area contributed by atoms with Gasteiger partial charge in [-0.2, -0.15) is 0 Å². The first-order valence-corrected chi connectivity index (χ1v) is 6.58. The molecule has 1 atom stereocenters. The zero-order valence-corrected chi connectivity index (χ0v) is 12.2. The van der Waals surface area contributed by atoms with Gasteiger partial charge in [0.15, 0.2) is 6.10 Å². The molecule has 0 saturated heterocycles. The van der Waals surface area contributed by atoms with Crippen LogP contribution in [-0.2, 0) is 16.1 Å². The number of urea groups is 1. The molecule has 0 heterocycles. The average molecular weight is 295 g/mol. The minimum Gasteiger partial charge on any atom is -0.481 e. The third kappa shape index (κ3) is 6.73. The monoisotopic (exact) mass is 295 g/mol. The smallest absolute Gasteiger partial charge is 0.318 e. The summed E-state index contributed by atoms with van der Waals surface area (Å²) in [5.41, 5.74) is 5.90. The molecule has 0 spiro atoms. The van der Waals surface area contributed by atoms with E-state index in [-0.39, 0.29) is 0 Å². The van der Waals surface area contributed by atoms with E-state index in [1.807, 2.05) is 23.5 Å². The molecule has 1 aromatic carbocycles. The number of nitrogens with one attached hydrogen (secondary N) is 2. The molecule has 7 heteroatoms. The van der Waals surface area contributed by atoms with Crippen LogP contribution in [0, 0.1) is 0 Å². The van der Waals surface area contributed by atoms with Crippen molar-refractivity contribution in [3.05, 3.63) is 29.8 Å². The summed E-state index contributed by atoms with van der Waals surface area (Å²) in [6, 6.07) is 6.45. The molecule has 1 aromatic rings. The first-order valence-electron chi connectivity index (χ1n) is 6.58. The number of benzene rings is 1. The van der Waals surface area contributed by atoms with E-state index in [0.717, 1.165) is 12.1 Å². The van der Waals surface area contributed by atoms with Crippen LogP contribution in [0.4, 0.5) is 4.79 Å². The van der Waals surface area contributed by atoms with Crippen LogP contribution in [0.1, 0.15) is 12.5 Å². The van der Waals surface area contributed by atoms with Crippen LogP contribution >= 0.6 is 0 Å². The summed E-state index contributed by atoms with van der Waals surface area (Å²) in [5, 5.41) is 5.19. The minimum absolute atomic E-state index is 0.549. The van der Waals surface area contributed by atoms with Crippen LogP contribution in [0.25, 0.3) is 0 Å². The molecule has 4 N–H and O–H groups in total. The highest BCUT2D eigenvalue weighted by atomic mass is 16.5. The van der Waals surface area contributed by atoms with Gasteiger partial charge < -0.3 is 20.5 Å². The van der Waals surface area contributed by atoms with E-state index >= 15 is 0 Å². The lowest BCUT2D eigenvalue weighted by Gasteiger charge is -2.14. The Hall–Kier alpha value is -2.12.